The fourth-order valence-corrected chi connectivity index (χ4v) is 1.26. The van der Waals surface area contributed by atoms with Gasteiger partial charge in [0, 0.05) is 5.56 Å². The van der Waals surface area contributed by atoms with Crippen LogP contribution >= 0.6 is 0 Å². The van der Waals surface area contributed by atoms with Crippen LogP contribution in [0.15, 0.2) is 24.3 Å². The van der Waals surface area contributed by atoms with E-state index in [2.05, 4.69) is 4.74 Å². The van der Waals surface area contributed by atoms with Gasteiger partial charge in [-0.2, -0.15) is 13.2 Å². The third kappa shape index (κ3) is 5.06. The molecule has 1 rings (SSSR count). The maximum Gasteiger partial charge on any atom is 0.414 e. The number of nitrogens with one attached hydrogen (secondary N) is 1. The highest BCUT2D eigenvalue weighted by molar-refractivity contribution is 5.93. The molecule has 3 N–H and O–H groups in total. The second-order valence-electron chi connectivity index (χ2n) is 3.90. The van der Waals surface area contributed by atoms with Gasteiger partial charge in [0.15, 0.2) is 6.10 Å². The zero-order valence-electron chi connectivity index (χ0n) is 10.7. The number of carbonyl (C=O) groups excluding carboxylic acids is 1. The van der Waals surface area contributed by atoms with E-state index in [4.69, 9.17) is 10.6 Å². The number of ether oxygens (including phenoxy) is 2. The average molecular weight is 292 g/mol. The second-order valence-corrected chi connectivity index (χ2v) is 3.90. The number of alkyl halides is 3. The molecule has 0 fully saturated rings. The fraction of sp³-hybridized carbons (Fsp3) is 0.417. The van der Waals surface area contributed by atoms with Crippen LogP contribution in [0.3, 0.4) is 0 Å². The molecule has 1 unspecified atom stereocenters. The van der Waals surface area contributed by atoms with Crippen molar-refractivity contribution in [1.29, 1.82) is 0 Å². The van der Waals surface area contributed by atoms with Crippen molar-refractivity contribution in [2.45, 2.75) is 19.2 Å². The van der Waals surface area contributed by atoms with Crippen molar-refractivity contribution in [1.82, 2.24) is 5.43 Å². The smallest absolute Gasteiger partial charge is 0.414 e. The first-order valence-corrected chi connectivity index (χ1v) is 5.76. The molecule has 20 heavy (non-hydrogen) atoms. The largest absolute Gasteiger partial charge is 0.491 e. The molecule has 0 bridgehead atoms. The predicted octanol–water partition coefficient (Wildman–Crippen LogP) is 1.64. The van der Waals surface area contributed by atoms with Crippen molar-refractivity contribution in [3.05, 3.63) is 29.8 Å². The Balaban J connectivity index is 2.34. The van der Waals surface area contributed by atoms with Gasteiger partial charge in [-0.1, -0.05) is 0 Å². The lowest BCUT2D eigenvalue weighted by molar-refractivity contribution is -0.215. The van der Waals surface area contributed by atoms with Gasteiger partial charge in [0.2, 0.25) is 0 Å². The molecule has 0 saturated heterocycles. The molecule has 0 aromatic heterocycles. The molecule has 8 heteroatoms. The van der Waals surface area contributed by atoms with Gasteiger partial charge in [0.25, 0.3) is 5.91 Å². The molecule has 5 nitrogen and oxygen atoms in total. The van der Waals surface area contributed by atoms with E-state index in [9.17, 15) is 18.0 Å². The summed E-state index contributed by atoms with van der Waals surface area (Å²) in [5.41, 5.74) is 2.32. The Bertz CT molecular complexity index is 435. The number of nitrogens with two attached hydrogens (primary N) is 1. The van der Waals surface area contributed by atoms with E-state index in [-0.39, 0.29) is 13.2 Å². The molecule has 0 aliphatic heterocycles. The number of rotatable bonds is 6. The highest BCUT2D eigenvalue weighted by Gasteiger charge is 2.36. The summed E-state index contributed by atoms with van der Waals surface area (Å²) in [6, 6.07) is 5.99. The normalized spacial score (nSPS) is 12.8. The van der Waals surface area contributed by atoms with Crippen LogP contribution in [0.4, 0.5) is 13.2 Å². The third-order valence-electron chi connectivity index (χ3n) is 2.43. The molecule has 1 atom stereocenters. The highest BCUT2D eigenvalue weighted by Crippen LogP contribution is 2.22. The lowest BCUT2D eigenvalue weighted by atomic mass is 10.2. The summed E-state index contributed by atoms with van der Waals surface area (Å²) in [6.07, 6.45) is -6.21. The molecule has 0 aliphatic carbocycles. The molecule has 0 radical (unpaired) electrons. The number of carbonyl (C=O) groups is 1. The molecule has 112 valence electrons. The van der Waals surface area contributed by atoms with Crippen molar-refractivity contribution in [2.24, 2.45) is 5.84 Å². The number of benzene rings is 1. The number of amides is 1. The van der Waals surface area contributed by atoms with E-state index in [0.29, 0.717) is 11.3 Å². The van der Waals surface area contributed by atoms with E-state index in [1.54, 1.807) is 0 Å². The van der Waals surface area contributed by atoms with Crippen LogP contribution < -0.4 is 16.0 Å². The SMILES string of the molecule is CC(OCCOc1ccc(C(=O)NN)cc1)C(F)(F)F. The summed E-state index contributed by atoms with van der Waals surface area (Å²) in [4.78, 5) is 11.2. The van der Waals surface area contributed by atoms with Crippen LogP contribution in [0.1, 0.15) is 17.3 Å². The lowest BCUT2D eigenvalue weighted by Crippen LogP contribution is -2.30. The van der Waals surface area contributed by atoms with E-state index >= 15 is 0 Å². The van der Waals surface area contributed by atoms with E-state index in [0.717, 1.165) is 6.92 Å². The quantitative estimate of drug-likeness (QED) is 0.362. The summed E-state index contributed by atoms with van der Waals surface area (Å²) in [5, 5.41) is 0. The van der Waals surface area contributed by atoms with Gasteiger partial charge in [0.1, 0.15) is 12.4 Å². The standard InChI is InChI=1S/C12H15F3N2O3/c1-8(12(13,14)15)19-6-7-20-10-4-2-9(3-5-10)11(18)17-16/h2-5,8H,6-7,16H2,1H3,(H,17,18). The predicted molar refractivity (Wildman–Crippen MR) is 65.1 cm³/mol. The highest BCUT2D eigenvalue weighted by atomic mass is 19.4. The fourth-order valence-electron chi connectivity index (χ4n) is 1.26. The van der Waals surface area contributed by atoms with Crippen LogP contribution in [-0.4, -0.2) is 31.4 Å². The Morgan fingerprint density at radius 2 is 1.90 bits per heavy atom. The zero-order chi connectivity index (χ0) is 15.2. The Kier molecular flexibility index (Phi) is 5.78. The molecule has 0 heterocycles. The van der Waals surface area contributed by atoms with Crippen LogP contribution in [0.5, 0.6) is 5.75 Å². The molecule has 1 amide bonds. The number of hydrogen-bond acceptors (Lipinski definition) is 4. The summed E-state index contributed by atoms with van der Waals surface area (Å²) in [5.74, 6) is 4.94. The minimum absolute atomic E-state index is 0.0249. The van der Waals surface area contributed by atoms with Crippen LogP contribution in [-0.2, 0) is 4.74 Å². The van der Waals surface area contributed by atoms with Gasteiger partial charge < -0.3 is 9.47 Å². The van der Waals surface area contributed by atoms with Crippen molar-refractivity contribution in [3.8, 4) is 5.75 Å². The monoisotopic (exact) mass is 292 g/mol. The van der Waals surface area contributed by atoms with E-state index in [1.165, 1.54) is 24.3 Å². The first-order valence-electron chi connectivity index (χ1n) is 5.76. The topological polar surface area (TPSA) is 73.6 Å². The zero-order valence-corrected chi connectivity index (χ0v) is 10.7. The number of hydrazine groups is 1. The van der Waals surface area contributed by atoms with E-state index < -0.39 is 18.2 Å². The Hall–Kier alpha value is -1.80. The Labute approximate surface area is 113 Å². The number of nitrogen functional groups attached to an aromatic ring is 1. The average Bonchev–Trinajstić information content (AvgIpc) is 2.42. The number of halogens is 3. The summed E-state index contributed by atoms with van der Waals surface area (Å²) in [7, 11) is 0. The minimum atomic E-state index is -4.38. The van der Waals surface area contributed by atoms with Crippen molar-refractivity contribution >= 4 is 5.91 Å². The molecule has 1 aromatic rings. The minimum Gasteiger partial charge on any atom is -0.491 e. The molecule has 0 saturated carbocycles. The maximum absolute atomic E-state index is 12.1. The summed E-state index contributed by atoms with van der Waals surface area (Å²) in [6.45, 7) is 0.717. The first-order chi connectivity index (χ1) is 9.34. The van der Waals surface area contributed by atoms with Gasteiger partial charge in [-0.15, -0.1) is 0 Å². The summed E-state index contributed by atoms with van der Waals surface area (Å²) < 4.78 is 46.2. The molecular weight excluding hydrogens is 277 g/mol. The van der Waals surface area contributed by atoms with Crippen molar-refractivity contribution in [3.63, 3.8) is 0 Å². The first kappa shape index (κ1) is 16.3. The third-order valence-corrected chi connectivity index (χ3v) is 2.43. The van der Waals surface area contributed by atoms with Gasteiger partial charge >= 0.3 is 6.18 Å². The van der Waals surface area contributed by atoms with Crippen LogP contribution in [0.25, 0.3) is 0 Å². The second kappa shape index (κ2) is 7.11. The Morgan fingerprint density at radius 3 is 2.40 bits per heavy atom. The van der Waals surface area contributed by atoms with Gasteiger partial charge in [-0.3, -0.25) is 10.2 Å². The van der Waals surface area contributed by atoms with Crippen LogP contribution in [0.2, 0.25) is 0 Å². The van der Waals surface area contributed by atoms with Crippen LogP contribution in [0, 0.1) is 0 Å². The van der Waals surface area contributed by atoms with Gasteiger partial charge in [-0.05, 0) is 31.2 Å². The van der Waals surface area contributed by atoms with Crippen molar-refractivity contribution in [2.75, 3.05) is 13.2 Å². The lowest BCUT2D eigenvalue weighted by Gasteiger charge is -2.16. The summed E-state index contributed by atoms with van der Waals surface area (Å²) >= 11 is 0. The number of hydrogen-bond donors (Lipinski definition) is 2. The van der Waals surface area contributed by atoms with Gasteiger partial charge in [0.05, 0.1) is 6.61 Å². The van der Waals surface area contributed by atoms with Crippen molar-refractivity contribution < 1.29 is 27.4 Å². The molecule has 0 spiro atoms. The molecular formula is C12H15F3N2O3. The molecule has 0 aliphatic rings. The maximum atomic E-state index is 12.1. The molecule has 1 aromatic carbocycles. The van der Waals surface area contributed by atoms with E-state index in [1.807, 2.05) is 5.43 Å². The van der Waals surface area contributed by atoms with Gasteiger partial charge in [-0.25, -0.2) is 5.84 Å². The Morgan fingerprint density at radius 1 is 1.30 bits per heavy atom.